The van der Waals surface area contributed by atoms with Gasteiger partial charge in [-0.05, 0) is 92.4 Å². The van der Waals surface area contributed by atoms with E-state index in [-0.39, 0.29) is 0 Å². The van der Waals surface area contributed by atoms with Crippen molar-refractivity contribution < 1.29 is 0 Å². The summed E-state index contributed by atoms with van der Waals surface area (Å²) in [5, 5.41) is 3.78. The first kappa shape index (κ1) is 12.7. The molecule has 5 aliphatic rings. The minimum absolute atomic E-state index is 0.626. The largest absolute Gasteiger partial charge is 0.316 e. The van der Waals surface area contributed by atoms with E-state index in [9.17, 15) is 0 Å². The molecule has 0 spiro atoms. The van der Waals surface area contributed by atoms with E-state index in [1.165, 1.54) is 25.9 Å². The third-order valence-corrected chi connectivity index (χ3v) is 7.62. The predicted octanol–water partition coefficient (Wildman–Crippen LogP) is 4.23. The summed E-state index contributed by atoms with van der Waals surface area (Å²) in [5.41, 5.74) is 1.35. The summed E-state index contributed by atoms with van der Waals surface area (Å²) < 4.78 is 0. The van der Waals surface area contributed by atoms with Crippen LogP contribution in [0.25, 0.3) is 0 Å². The number of hydrogen-bond acceptors (Lipinski definition) is 1. The van der Waals surface area contributed by atoms with Gasteiger partial charge in [0.1, 0.15) is 0 Å². The van der Waals surface area contributed by atoms with Crippen molar-refractivity contribution >= 4 is 0 Å². The molecule has 1 saturated heterocycles. The Labute approximate surface area is 118 Å². The molecule has 0 aromatic heterocycles. The molecule has 1 nitrogen and oxygen atoms in total. The second kappa shape index (κ2) is 4.23. The van der Waals surface area contributed by atoms with Crippen LogP contribution in [0.1, 0.15) is 65.2 Å². The zero-order valence-electron chi connectivity index (χ0n) is 12.9. The minimum Gasteiger partial charge on any atom is -0.316 e. The number of rotatable bonds is 2. The van der Waals surface area contributed by atoms with Crippen molar-refractivity contribution in [3.8, 4) is 0 Å². The van der Waals surface area contributed by atoms with Crippen LogP contribution in [-0.2, 0) is 0 Å². The lowest BCUT2D eigenvalue weighted by atomic mass is 9.40. The first-order valence-corrected chi connectivity index (χ1v) is 8.84. The van der Waals surface area contributed by atoms with Crippen molar-refractivity contribution in [3.05, 3.63) is 0 Å². The average Bonchev–Trinajstić information content (AvgIpc) is 2.37. The normalized spacial score (nSPS) is 52.9. The van der Waals surface area contributed by atoms with Gasteiger partial charge in [0.25, 0.3) is 0 Å². The van der Waals surface area contributed by atoms with Gasteiger partial charge >= 0.3 is 0 Å². The molecule has 4 saturated carbocycles. The van der Waals surface area contributed by atoms with Gasteiger partial charge in [-0.15, -0.1) is 0 Å². The monoisotopic (exact) mass is 261 g/mol. The molecule has 1 aliphatic heterocycles. The molecule has 4 bridgehead atoms. The van der Waals surface area contributed by atoms with Gasteiger partial charge in [-0.25, -0.2) is 0 Å². The molecule has 1 atom stereocenters. The lowest BCUT2D eigenvalue weighted by Gasteiger charge is -2.66. The molecule has 1 unspecified atom stereocenters. The molecular formula is C18H31N. The van der Waals surface area contributed by atoms with Crippen LogP contribution in [0.15, 0.2) is 0 Å². The van der Waals surface area contributed by atoms with Crippen molar-refractivity contribution in [1.82, 2.24) is 5.32 Å². The Balaban J connectivity index is 1.72. The second-order valence-corrected chi connectivity index (χ2v) is 8.79. The minimum atomic E-state index is 0.626. The van der Waals surface area contributed by atoms with E-state index in [1.807, 2.05) is 0 Å². The Morgan fingerprint density at radius 1 is 0.947 bits per heavy atom. The van der Waals surface area contributed by atoms with Gasteiger partial charge in [0.05, 0.1) is 0 Å². The highest BCUT2D eigenvalue weighted by Crippen LogP contribution is 2.68. The number of piperidine rings is 1. The van der Waals surface area contributed by atoms with Gasteiger partial charge in [-0.2, -0.15) is 0 Å². The molecule has 0 amide bonds. The molecular weight excluding hydrogens is 230 g/mol. The van der Waals surface area contributed by atoms with Crippen molar-refractivity contribution in [3.63, 3.8) is 0 Å². The summed E-state index contributed by atoms with van der Waals surface area (Å²) in [6.07, 6.45) is 12.4. The standard InChI is InChI=1S/C18H31N/c1-13(2)18(4-3-5-19-12-18)17-9-14-6-15(10-17)8-16(7-14)11-17/h13-16,19H,3-12H2,1-2H3. The lowest BCUT2D eigenvalue weighted by Crippen LogP contribution is -2.61. The highest BCUT2D eigenvalue weighted by molar-refractivity contribution is 5.11. The molecule has 1 N–H and O–H groups in total. The van der Waals surface area contributed by atoms with Crippen LogP contribution in [0, 0.1) is 34.5 Å². The van der Waals surface area contributed by atoms with Crippen LogP contribution in [0.2, 0.25) is 0 Å². The van der Waals surface area contributed by atoms with Crippen LogP contribution in [-0.4, -0.2) is 13.1 Å². The zero-order chi connectivity index (χ0) is 13.1. The SMILES string of the molecule is CC(C)C1(C23CC4CC(CC(C4)C2)C3)CCCNC1. The summed E-state index contributed by atoms with van der Waals surface area (Å²) in [4.78, 5) is 0. The maximum atomic E-state index is 3.78. The number of nitrogens with one attached hydrogen (secondary N) is 1. The summed E-state index contributed by atoms with van der Waals surface area (Å²) in [6, 6.07) is 0. The maximum Gasteiger partial charge on any atom is 0.00156 e. The topological polar surface area (TPSA) is 12.0 Å². The molecule has 0 radical (unpaired) electrons. The highest BCUT2D eigenvalue weighted by Gasteiger charge is 2.60. The van der Waals surface area contributed by atoms with Crippen LogP contribution in [0.4, 0.5) is 0 Å². The lowest BCUT2D eigenvalue weighted by molar-refractivity contribution is -0.157. The molecule has 1 heteroatoms. The van der Waals surface area contributed by atoms with Crippen molar-refractivity contribution in [1.29, 1.82) is 0 Å². The molecule has 19 heavy (non-hydrogen) atoms. The van der Waals surface area contributed by atoms with Gasteiger partial charge in [-0.3, -0.25) is 0 Å². The summed E-state index contributed by atoms with van der Waals surface area (Å²) in [5.74, 6) is 4.16. The summed E-state index contributed by atoms with van der Waals surface area (Å²) in [6.45, 7) is 7.62. The van der Waals surface area contributed by atoms with E-state index in [0.29, 0.717) is 5.41 Å². The smallest absolute Gasteiger partial charge is 0.00156 e. The zero-order valence-corrected chi connectivity index (χ0v) is 12.9. The van der Waals surface area contributed by atoms with Gasteiger partial charge in [0, 0.05) is 6.54 Å². The van der Waals surface area contributed by atoms with Crippen LogP contribution in [0.5, 0.6) is 0 Å². The van der Waals surface area contributed by atoms with Gasteiger partial charge in [0.2, 0.25) is 0 Å². The van der Waals surface area contributed by atoms with Crippen molar-refractivity contribution in [2.24, 2.45) is 34.5 Å². The quantitative estimate of drug-likeness (QED) is 0.784. The van der Waals surface area contributed by atoms with Gasteiger partial charge in [-0.1, -0.05) is 13.8 Å². The Morgan fingerprint density at radius 2 is 1.53 bits per heavy atom. The third kappa shape index (κ3) is 1.69. The predicted molar refractivity (Wildman–Crippen MR) is 80.0 cm³/mol. The van der Waals surface area contributed by atoms with E-state index >= 15 is 0 Å². The Bertz CT molecular complexity index is 315. The summed E-state index contributed by atoms with van der Waals surface area (Å²) >= 11 is 0. The van der Waals surface area contributed by atoms with Crippen molar-refractivity contribution in [2.75, 3.05) is 13.1 Å². The van der Waals surface area contributed by atoms with Crippen LogP contribution in [0.3, 0.4) is 0 Å². The fraction of sp³-hybridized carbons (Fsp3) is 1.00. The molecule has 1 heterocycles. The molecule has 0 aromatic carbocycles. The first-order valence-electron chi connectivity index (χ1n) is 8.84. The van der Waals surface area contributed by atoms with E-state index < -0.39 is 0 Å². The fourth-order valence-electron chi connectivity index (χ4n) is 7.21. The Hall–Kier alpha value is -0.0400. The maximum absolute atomic E-state index is 3.78. The van der Waals surface area contributed by atoms with Crippen molar-refractivity contribution in [2.45, 2.75) is 65.2 Å². The fourth-order valence-corrected chi connectivity index (χ4v) is 7.21. The van der Waals surface area contributed by atoms with Gasteiger partial charge in [0.15, 0.2) is 0 Å². The average molecular weight is 261 g/mol. The van der Waals surface area contributed by atoms with Gasteiger partial charge < -0.3 is 5.32 Å². The van der Waals surface area contributed by atoms with E-state index in [0.717, 1.165) is 29.1 Å². The highest BCUT2D eigenvalue weighted by atomic mass is 14.9. The Morgan fingerprint density at radius 3 is 1.95 bits per heavy atom. The number of hydrogen-bond donors (Lipinski definition) is 1. The molecule has 5 rings (SSSR count). The first-order chi connectivity index (χ1) is 9.14. The third-order valence-electron chi connectivity index (χ3n) is 7.62. The van der Waals surface area contributed by atoms with E-state index in [4.69, 9.17) is 0 Å². The molecule has 0 aromatic rings. The van der Waals surface area contributed by atoms with E-state index in [1.54, 1.807) is 38.5 Å². The molecule has 4 aliphatic carbocycles. The van der Waals surface area contributed by atoms with Crippen LogP contribution < -0.4 is 5.32 Å². The van der Waals surface area contributed by atoms with E-state index in [2.05, 4.69) is 19.2 Å². The van der Waals surface area contributed by atoms with Crippen LogP contribution >= 0.6 is 0 Å². The molecule has 5 fully saturated rings. The summed E-state index contributed by atoms with van der Waals surface area (Å²) in [7, 11) is 0. The second-order valence-electron chi connectivity index (χ2n) is 8.79. The molecule has 108 valence electrons. The Kier molecular flexibility index (Phi) is 2.82.